The number of alkyl carbamates (subject to hydrolysis) is 1. The first-order chi connectivity index (χ1) is 11.4. The molecule has 0 aliphatic carbocycles. The first-order valence-electron chi connectivity index (χ1n) is 7.36. The van der Waals surface area contributed by atoms with Crippen LogP contribution in [-0.4, -0.2) is 27.3 Å². The molecule has 0 aliphatic heterocycles. The average Bonchev–Trinajstić information content (AvgIpc) is 2.57. The van der Waals surface area contributed by atoms with Crippen molar-refractivity contribution in [3.63, 3.8) is 0 Å². The van der Waals surface area contributed by atoms with Crippen molar-refractivity contribution < 1.29 is 17.9 Å². The molecule has 0 saturated heterocycles. The molecule has 2 rings (SSSR count). The van der Waals surface area contributed by atoms with Gasteiger partial charge < -0.3 is 10.1 Å². The summed E-state index contributed by atoms with van der Waals surface area (Å²) in [7, 11) is -3.18. The molecule has 1 amide bonds. The van der Waals surface area contributed by atoms with E-state index in [0.717, 1.165) is 11.1 Å². The Morgan fingerprint density at radius 1 is 1.08 bits per heavy atom. The molecule has 0 heterocycles. The Labute approximate surface area is 141 Å². The molecule has 0 bridgehead atoms. The molecule has 0 aromatic heterocycles. The van der Waals surface area contributed by atoms with Gasteiger partial charge in [0.05, 0.1) is 4.90 Å². The molecule has 0 aliphatic rings. The van der Waals surface area contributed by atoms with Crippen molar-refractivity contribution in [3.8, 4) is 0 Å². The van der Waals surface area contributed by atoms with Gasteiger partial charge in [-0.2, -0.15) is 0 Å². The third kappa shape index (κ3) is 5.89. The predicted octanol–water partition coefficient (Wildman–Crippen LogP) is 3.03. The SMILES string of the molecule is CS(=O)(=O)c1ccc(C=CCNC(=O)OCc2ccccc2)cc1. The molecule has 0 radical (unpaired) electrons. The van der Waals surface area contributed by atoms with Crippen molar-refractivity contribution in [2.75, 3.05) is 12.8 Å². The second kappa shape index (κ2) is 8.31. The highest BCUT2D eigenvalue weighted by Crippen LogP contribution is 2.11. The second-order valence-corrected chi connectivity index (χ2v) is 7.20. The van der Waals surface area contributed by atoms with Crippen molar-refractivity contribution in [2.45, 2.75) is 11.5 Å². The number of carbonyl (C=O) groups is 1. The van der Waals surface area contributed by atoms with Gasteiger partial charge in [-0.1, -0.05) is 54.6 Å². The van der Waals surface area contributed by atoms with Gasteiger partial charge >= 0.3 is 6.09 Å². The summed E-state index contributed by atoms with van der Waals surface area (Å²) in [5.74, 6) is 0. The summed E-state index contributed by atoms with van der Waals surface area (Å²) in [5.41, 5.74) is 1.77. The van der Waals surface area contributed by atoms with Gasteiger partial charge in [0, 0.05) is 12.8 Å². The fraction of sp³-hybridized carbons (Fsp3) is 0.167. The standard InChI is InChI=1S/C18H19NO4S/c1-24(21,22)17-11-9-15(10-12-17)8-5-13-19-18(20)23-14-16-6-3-2-4-7-16/h2-12H,13-14H2,1H3,(H,19,20). The lowest BCUT2D eigenvalue weighted by Crippen LogP contribution is -2.24. The van der Waals surface area contributed by atoms with E-state index >= 15 is 0 Å². The van der Waals surface area contributed by atoms with Crippen LogP contribution in [0.1, 0.15) is 11.1 Å². The molecule has 2 aromatic rings. The molecule has 1 N–H and O–H groups in total. The number of hydrogen-bond acceptors (Lipinski definition) is 4. The third-order valence-corrected chi connectivity index (χ3v) is 4.32. The van der Waals surface area contributed by atoms with E-state index in [1.165, 1.54) is 6.26 Å². The van der Waals surface area contributed by atoms with E-state index in [4.69, 9.17) is 4.74 Å². The van der Waals surface area contributed by atoms with Gasteiger partial charge in [0.15, 0.2) is 9.84 Å². The minimum atomic E-state index is -3.18. The van der Waals surface area contributed by atoms with Gasteiger partial charge in [-0.05, 0) is 23.3 Å². The number of benzene rings is 2. The minimum Gasteiger partial charge on any atom is -0.445 e. The van der Waals surface area contributed by atoms with E-state index in [9.17, 15) is 13.2 Å². The topological polar surface area (TPSA) is 72.5 Å². The van der Waals surface area contributed by atoms with Gasteiger partial charge in [0.25, 0.3) is 0 Å². The molecule has 6 heteroatoms. The second-order valence-electron chi connectivity index (χ2n) is 5.19. The highest BCUT2D eigenvalue weighted by Gasteiger charge is 2.05. The van der Waals surface area contributed by atoms with Crippen molar-refractivity contribution >= 4 is 22.0 Å². The maximum atomic E-state index is 11.5. The van der Waals surface area contributed by atoms with E-state index in [1.54, 1.807) is 36.4 Å². The van der Waals surface area contributed by atoms with Gasteiger partial charge in [-0.25, -0.2) is 13.2 Å². The highest BCUT2D eigenvalue weighted by molar-refractivity contribution is 7.90. The number of carbonyl (C=O) groups excluding carboxylic acids is 1. The molecular weight excluding hydrogens is 326 g/mol. The van der Waals surface area contributed by atoms with Gasteiger partial charge in [-0.3, -0.25) is 0 Å². The third-order valence-electron chi connectivity index (χ3n) is 3.20. The van der Waals surface area contributed by atoms with Gasteiger partial charge in [-0.15, -0.1) is 0 Å². The zero-order valence-electron chi connectivity index (χ0n) is 13.3. The molecular formula is C18H19NO4S. The molecule has 24 heavy (non-hydrogen) atoms. The van der Waals surface area contributed by atoms with E-state index < -0.39 is 15.9 Å². The lowest BCUT2D eigenvalue weighted by molar-refractivity contribution is 0.141. The Hall–Kier alpha value is -2.60. The summed E-state index contributed by atoms with van der Waals surface area (Å²) in [6, 6.07) is 16.0. The highest BCUT2D eigenvalue weighted by atomic mass is 32.2. The summed E-state index contributed by atoms with van der Waals surface area (Å²) in [6.07, 6.45) is 4.24. The van der Waals surface area contributed by atoms with Crippen LogP contribution in [0.2, 0.25) is 0 Å². The molecule has 0 saturated carbocycles. The average molecular weight is 345 g/mol. The molecule has 0 atom stereocenters. The normalized spacial score (nSPS) is 11.4. The Morgan fingerprint density at radius 3 is 2.38 bits per heavy atom. The number of rotatable bonds is 6. The van der Waals surface area contributed by atoms with Gasteiger partial charge in [0.1, 0.15) is 6.61 Å². The summed E-state index contributed by atoms with van der Waals surface area (Å²) >= 11 is 0. The number of nitrogens with one attached hydrogen (secondary N) is 1. The van der Waals surface area contributed by atoms with Crippen LogP contribution in [0.25, 0.3) is 6.08 Å². The molecule has 126 valence electrons. The van der Waals surface area contributed by atoms with E-state index in [-0.39, 0.29) is 11.5 Å². The number of amides is 1. The van der Waals surface area contributed by atoms with E-state index in [1.807, 2.05) is 30.3 Å². The van der Waals surface area contributed by atoms with Crippen LogP contribution < -0.4 is 5.32 Å². The first-order valence-corrected chi connectivity index (χ1v) is 9.25. The lowest BCUT2D eigenvalue weighted by Gasteiger charge is -2.05. The Bertz CT molecular complexity index is 797. The van der Waals surface area contributed by atoms with Crippen LogP contribution >= 0.6 is 0 Å². The number of hydrogen-bond donors (Lipinski definition) is 1. The number of ether oxygens (including phenoxy) is 1. The summed E-state index contributed by atoms with van der Waals surface area (Å²) in [6.45, 7) is 0.546. The maximum Gasteiger partial charge on any atom is 0.407 e. The summed E-state index contributed by atoms with van der Waals surface area (Å²) in [4.78, 5) is 11.8. The minimum absolute atomic E-state index is 0.226. The van der Waals surface area contributed by atoms with Crippen LogP contribution in [0, 0.1) is 0 Å². The monoisotopic (exact) mass is 345 g/mol. The van der Waals surface area contributed by atoms with E-state index in [0.29, 0.717) is 6.54 Å². The maximum absolute atomic E-state index is 11.5. The quantitative estimate of drug-likeness (QED) is 0.873. The van der Waals surface area contributed by atoms with Crippen LogP contribution in [0.5, 0.6) is 0 Å². The first kappa shape index (κ1) is 17.7. The largest absolute Gasteiger partial charge is 0.445 e. The smallest absolute Gasteiger partial charge is 0.407 e. The molecule has 0 unspecified atom stereocenters. The Balaban J connectivity index is 1.75. The molecule has 0 fully saturated rings. The molecule has 2 aromatic carbocycles. The van der Waals surface area contributed by atoms with Crippen molar-refractivity contribution in [1.29, 1.82) is 0 Å². The van der Waals surface area contributed by atoms with Crippen LogP contribution in [0.3, 0.4) is 0 Å². The van der Waals surface area contributed by atoms with Crippen LogP contribution in [-0.2, 0) is 21.2 Å². The Kier molecular flexibility index (Phi) is 6.14. The molecule has 0 spiro atoms. The fourth-order valence-electron chi connectivity index (χ4n) is 1.94. The zero-order chi connectivity index (χ0) is 17.4. The summed E-state index contributed by atoms with van der Waals surface area (Å²) in [5, 5.41) is 2.61. The Morgan fingerprint density at radius 2 is 1.75 bits per heavy atom. The van der Waals surface area contributed by atoms with E-state index in [2.05, 4.69) is 5.32 Å². The number of sulfone groups is 1. The van der Waals surface area contributed by atoms with Crippen molar-refractivity contribution in [1.82, 2.24) is 5.32 Å². The van der Waals surface area contributed by atoms with Crippen LogP contribution in [0.15, 0.2) is 65.6 Å². The van der Waals surface area contributed by atoms with Crippen LogP contribution in [0.4, 0.5) is 4.79 Å². The zero-order valence-corrected chi connectivity index (χ0v) is 14.1. The van der Waals surface area contributed by atoms with Crippen molar-refractivity contribution in [2.24, 2.45) is 0 Å². The van der Waals surface area contributed by atoms with Crippen molar-refractivity contribution in [3.05, 3.63) is 71.8 Å². The predicted molar refractivity (Wildman–Crippen MR) is 93.2 cm³/mol. The fourth-order valence-corrected chi connectivity index (χ4v) is 2.57. The molecule has 5 nitrogen and oxygen atoms in total. The van der Waals surface area contributed by atoms with Gasteiger partial charge in [0.2, 0.25) is 0 Å². The summed E-state index contributed by atoms with van der Waals surface area (Å²) < 4.78 is 27.8. The lowest BCUT2D eigenvalue weighted by atomic mass is 10.2.